The van der Waals surface area contributed by atoms with E-state index in [9.17, 15) is 0 Å². The highest BCUT2D eigenvalue weighted by Gasteiger charge is 2.07. The first-order valence-electron chi connectivity index (χ1n) is 5.77. The second-order valence-electron chi connectivity index (χ2n) is 4.12. The fraction of sp³-hybridized carbons (Fsp3) is 0.0667. The summed E-state index contributed by atoms with van der Waals surface area (Å²) < 4.78 is 6.86. The molecule has 1 nitrogen and oxygen atoms in total. The van der Waals surface area contributed by atoms with Gasteiger partial charge in [-0.3, -0.25) is 0 Å². The van der Waals surface area contributed by atoms with Crippen LogP contribution in [0, 0.1) is 0 Å². The Morgan fingerprint density at radius 3 is 2.74 bits per heavy atom. The van der Waals surface area contributed by atoms with Gasteiger partial charge in [0, 0.05) is 16.0 Å². The molecule has 0 aliphatic carbocycles. The number of ether oxygens (including phenoxy) is 1. The van der Waals surface area contributed by atoms with E-state index in [0.29, 0.717) is 11.6 Å². The van der Waals surface area contributed by atoms with E-state index >= 15 is 0 Å². The van der Waals surface area contributed by atoms with Crippen LogP contribution in [0.25, 0.3) is 10.1 Å². The van der Waals surface area contributed by atoms with Crippen molar-refractivity contribution in [1.82, 2.24) is 0 Å². The molecule has 3 aromatic rings. The molecule has 0 fully saturated rings. The number of halogens is 2. The second-order valence-corrected chi connectivity index (χ2v) is 5.85. The molecular formula is C15H10Cl2OS. The minimum atomic E-state index is 0.515. The fourth-order valence-electron chi connectivity index (χ4n) is 1.90. The summed E-state index contributed by atoms with van der Waals surface area (Å²) in [5.74, 6) is 0.772. The Morgan fingerprint density at radius 1 is 1.05 bits per heavy atom. The van der Waals surface area contributed by atoms with Gasteiger partial charge < -0.3 is 4.74 Å². The molecule has 4 heteroatoms. The number of fused-ring (bicyclic) bond motifs is 1. The molecule has 19 heavy (non-hydrogen) atoms. The molecular weight excluding hydrogens is 299 g/mol. The van der Waals surface area contributed by atoms with Gasteiger partial charge in [-0.25, -0.2) is 0 Å². The van der Waals surface area contributed by atoms with Crippen molar-refractivity contribution < 1.29 is 4.74 Å². The third-order valence-corrected chi connectivity index (χ3v) is 4.56. The summed E-state index contributed by atoms with van der Waals surface area (Å²) in [6, 6.07) is 13.3. The number of hydrogen-bond acceptors (Lipinski definition) is 2. The first-order chi connectivity index (χ1) is 9.24. The van der Waals surface area contributed by atoms with Gasteiger partial charge in [0.1, 0.15) is 12.4 Å². The van der Waals surface area contributed by atoms with Crippen LogP contribution < -0.4 is 4.74 Å². The van der Waals surface area contributed by atoms with E-state index in [0.717, 1.165) is 26.4 Å². The molecule has 3 rings (SSSR count). The van der Waals surface area contributed by atoms with Crippen LogP contribution >= 0.6 is 34.5 Å². The summed E-state index contributed by atoms with van der Waals surface area (Å²) in [5.41, 5.74) is 1.14. The molecule has 0 atom stereocenters. The van der Waals surface area contributed by atoms with E-state index in [1.54, 1.807) is 11.3 Å². The molecule has 0 spiro atoms. The molecule has 0 bridgehead atoms. The van der Waals surface area contributed by atoms with Crippen molar-refractivity contribution in [3.8, 4) is 5.75 Å². The van der Waals surface area contributed by atoms with Gasteiger partial charge in [-0.1, -0.05) is 41.4 Å². The van der Waals surface area contributed by atoms with Gasteiger partial charge in [-0.2, -0.15) is 0 Å². The van der Waals surface area contributed by atoms with Crippen molar-refractivity contribution in [2.75, 3.05) is 0 Å². The lowest BCUT2D eigenvalue weighted by atomic mass is 10.2. The zero-order chi connectivity index (χ0) is 13.2. The molecule has 0 radical (unpaired) electrons. The lowest BCUT2D eigenvalue weighted by Gasteiger charge is -2.05. The van der Waals surface area contributed by atoms with E-state index in [1.807, 2.05) is 36.4 Å². The summed E-state index contributed by atoms with van der Waals surface area (Å²) in [6.45, 7) is 0.515. The van der Waals surface area contributed by atoms with Crippen LogP contribution in [0.4, 0.5) is 0 Å². The molecule has 1 aromatic heterocycles. The molecule has 0 unspecified atom stereocenters. The minimum absolute atomic E-state index is 0.515. The molecule has 0 saturated carbocycles. The molecule has 0 amide bonds. The van der Waals surface area contributed by atoms with E-state index in [1.165, 1.54) is 0 Å². The highest BCUT2D eigenvalue weighted by molar-refractivity contribution is 7.18. The zero-order valence-electron chi connectivity index (χ0n) is 9.90. The van der Waals surface area contributed by atoms with Crippen LogP contribution in [0.5, 0.6) is 5.75 Å². The van der Waals surface area contributed by atoms with Crippen LogP contribution in [0.2, 0.25) is 10.0 Å². The average Bonchev–Trinajstić information content (AvgIpc) is 2.81. The SMILES string of the molecule is Clc1cccc(OCc2csc3c(Cl)cccc23)c1. The van der Waals surface area contributed by atoms with E-state index in [-0.39, 0.29) is 0 Å². The van der Waals surface area contributed by atoms with Crippen LogP contribution in [-0.4, -0.2) is 0 Å². The van der Waals surface area contributed by atoms with Gasteiger partial charge >= 0.3 is 0 Å². The van der Waals surface area contributed by atoms with Crippen LogP contribution in [0.15, 0.2) is 47.8 Å². The Labute approximate surface area is 125 Å². The normalized spacial score (nSPS) is 10.8. The number of hydrogen-bond donors (Lipinski definition) is 0. The Bertz CT molecular complexity index is 721. The third-order valence-electron chi connectivity index (χ3n) is 2.82. The van der Waals surface area contributed by atoms with Gasteiger partial charge in [-0.05, 0) is 29.6 Å². The molecule has 0 aliphatic rings. The summed E-state index contributed by atoms with van der Waals surface area (Å²) in [6.07, 6.45) is 0. The van der Waals surface area contributed by atoms with Crippen molar-refractivity contribution in [2.24, 2.45) is 0 Å². The predicted octanol–water partition coefficient (Wildman–Crippen LogP) is 5.79. The van der Waals surface area contributed by atoms with Gasteiger partial charge in [0.15, 0.2) is 0 Å². The number of thiophene rings is 1. The number of benzene rings is 2. The molecule has 96 valence electrons. The van der Waals surface area contributed by atoms with Gasteiger partial charge in [-0.15, -0.1) is 11.3 Å². The fourth-order valence-corrected chi connectivity index (χ4v) is 3.35. The Hall–Kier alpha value is -1.22. The topological polar surface area (TPSA) is 9.23 Å². The highest BCUT2D eigenvalue weighted by Crippen LogP contribution is 2.32. The van der Waals surface area contributed by atoms with Crippen LogP contribution in [0.1, 0.15) is 5.56 Å². The average molecular weight is 309 g/mol. The lowest BCUT2D eigenvalue weighted by molar-refractivity contribution is 0.308. The summed E-state index contributed by atoms with van der Waals surface area (Å²) in [4.78, 5) is 0. The van der Waals surface area contributed by atoms with Crippen LogP contribution in [0.3, 0.4) is 0 Å². The Kier molecular flexibility index (Phi) is 3.65. The van der Waals surface area contributed by atoms with Crippen molar-refractivity contribution in [3.05, 3.63) is 63.5 Å². The summed E-state index contributed by atoms with van der Waals surface area (Å²) >= 11 is 13.7. The van der Waals surface area contributed by atoms with Gasteiger partial charge in [0.2, 0.25) is 0 Å². The first kappa shape index (κ1) is 12.8. The minimum Gasteiger partial charge on any atom is -0.489 e. The quantitative estimate of drug-likeness (QED) is 0.595. The predicted molar refractivity (Wildman–Crippen MR) is 82.6 cm³/mol. The monoisotopic (exact) mass is 308 g/mol. The van der Waals surface area contributed by atoms with Crippen molar-refractivity contribution in [3.63, 3.8) is 0 Å². The highest BCUT2D eigenvalue weighted by atomic mass is 35.5. The standard InChI is InChI=1S/C15H10Cl2OS/c16-11-3-1-4-12(7-11)18-8-10-9-19-15-13(10)5-2-6-14(15)17/h1-7,9H,8H2. The van der Waals surface area contributed by atoms with Gasteiger partial charge in [0.25, 0.3) is 0 Å². The second kappa shape index (κ2) is 5.41. The van der Waals surface area contributed by atoms with E-state index in [2.05, 4.69) is 11.4 Å². The van der Waals surface area contributed by atoms with Crippen molar-refractivity contribution >= 4 is 44.6 Å². The molecule has 0 aliphatic heterocycles. The smallest absolute Gasteiger partial charge is 0.121 e. The largest absolute Gasteiger partial charge is 0.489 e. The maximum absolute atomic E-state index is 6.16. The Balaban J connectivity index is 1.84. The number of rotatable bonds is 3. The summed E-state index contributed by atoms with van der Waals surface area (Å²) in [7, 11) is 0. The molecule has 0 N–H and O–H groups in total. The summed E-state index contributed by atoms with van der Waals surface area (Å²) in [5, 5.41) is 4.70. The van der Waals surface area contributed by atoms with E-state index in [4.69, 9.17) is 27.9 Å². The van der Waals surface area contributed by atoms with Crippen molar-refractivity contribution in [2.45, 2.75) is 6.61 Å². The maximum atomic E-state index is 6.16. The zero-order valence-corrected chi connectivity index (χ0v) is 12.2. The first-order valence-corrected chi connectivity index (χ1v) is 7.40. The molecule has 2 aromatic carbocycles. The third kappa shape index (κ3) is 2.71. The molecule has 1 heterocycles. The molecule has 0 saturated heterocycles. The maximum Gasteiger partial charge on any atom is 0.121 e. The van der Waals surface area contributed by atoms with Crippen LogP contribution in [-0.2, 0) is 6.61 Å². The van der Waals surface area contributed by atoms with Crippen molar-refractivity contribution in [1.29, 1.82) is 0 Å². The van der Waals surface area contributed by atoms with E-state index < -0.39 is 0 Å². The lowest BCUT2D eigenvalue weighted by Crippen LogP contribution is -1.94. The van der Waals surface area contributed by atoms with Gasteiger partial charge in [0.05, 0.1) is 9.72 Å². The Morgan fingerprint density at radius 2 is 1.89 bits per heavy atom.